The maximum absolute atomic E-state index is 13.7. The molecule has 0 saturated carbocycles. The number of benzene rings is 3. The normalized spacial score (nSPS) is 17.8. The van der Waals surface area contributed by atoms with Crippen molar-refractivity contribution in [2.45, 2.75) is 37.8 Å². The van der Waals surface area contributed by atoms with Crippen LogP contribution in [-0.2, 0) is 10.0 Å². The van der Waals surface area contributed by atoms with Crippen LogP contribution in [-0.4, -0.2) is 74.2 Å². The smallest absolute Gasteiger partial charge is 0.321 e. The molecule has 1 aliphatic heterocycles. The molecule has 3 aromatic rings. The molecular formula is C30H35FN4O6S. The summed E-state index contributed by atoms with van der Waals surface area (Å²) >= 11 is 0. The molecule has 1 heterocycles. The number of carbonyl (C=O) groups excluding carboxylic acids is 2. The SMILES string of the molecule is Cc1ccc(S(=O)(=O)Nc2cccc3c2O[C@H](CN(C)C(=O)Nc2ccc(F)cc2)[C@H](C)CN([C@H](C)CO)C3=O)cc1. The van der Waals surface area contributed by atoms with Gasteiger partial charge < -0.3 is 25.0 Å². The second-order valence-electron chi connectivity index (χ2n) is 10.5. The Labute approximate surface area is 245 Å². The number of fused-ring (bicyclic) bond motifs is 1. The summed E-state index contributed by atoms with van der Waals surface area (Å²) in [6, 6.07) is 15.3. The first-order valence-electron chi connectivity index (χ1n) is 13.5. The summed E-state index contributed by atoms with van der Waals surface area (Å²) in [7, 11) is -2.47. The number of aryl methyl sites for hydroxylation is 1. The summed E-state index contributed by atoms with van der Waals surface area (Å²) in [5, 5.41) is 12.6. The number of hydrogen-bond acceptors (Lipinski definition) is 6. The molecule has 3 amide bonds. The van der Waals surface area contributed by atoms with Gasteiger partial charge in [-0.3, -0.25) is 9.52 Å². The number of amides is 3. The number of sulfonamides is 1. The Morgan fingerprint density at radius 3 is 2.45 bits per heavy atom. The fraction of sp³-hybridized carbons (Fsp3) is 0.333. The second-order valence-corrected chi connectivity index (χ2v) is 12.2. The van der Waals surface area contributed by atoms with Gasteiger partial charge in [0.05, 0.1) is 35.3 Å². The van der Waals surface area contributed by atoms with Gasteiger partial charge in [-0.2, -0.15) is 0 Å². The summed E-state index contributed by atoms with van der Waals surface area (Å²) in [5.74, 6) is -1.16. The monoisotopic (exact) mass is 598 g/mol. The first-order chi connectivity index (χ1) is 19.9. The second kappa shape index (κ2) is 12.8. The number of para-hydroxylation sites is 1. The number of hydrogen-bond donors (Lipinski definition) is 3. The molecule has 0 bridgehead atoms. The van der Waals surface area contributed by atoms with Crippen molar-refractivity contribution in [1.29, 1.82) is 0 Å². The molecule has 3 N–H and O–H groups in total. The molecule has 3 atom stereocenters. The summed E-state index contributed by atoms with van der Waals surface area (Å²) in [4.78, 5) is 29.6. The van der Waals surface area contributed by atoms with E-state index in [0.717, 1.165) is 5.56 Å². The number of halogens is 1. The van der Waals surface area contributed by atoms with E-state index in [1.54, 1.807) is 32.2 Å². The number of likely N-dealkylation sites (N-methyl/N-ethyl adjacent to an activating group) is 1. The Hall–Kier alpha value is -4.16. The quantitative estimate of drug-likeness (QED) is 0.354. The van der Waals surface area contributed by atoms with Gasteiger partial charge in [0.1, 0.15) is 11.9 Å². The molecule has 0 aromatic heterocycles. The number of nitrogens with one attached hydrogen (secondary N) is 2. The lowest BCUT2D eigenvalue weighted by atomic mass is 9.99. The van der Waals surface area contributed by atoms with Crippen LogP contribution < -0.4 is 14.8 Å². The minimum absolute atomic E-state index is 0.0252. The summed E-state index contributed by atoms with van der Waals surface area (Å²) in [6.07, 6.45) is -0.681. The third-order valence-corrected chi connectivity index (χ3v) is 8.54. The van der Waals surface area contributed by atoms with Crippen molar-refractivity contribution in [3.63, 3.8) is 0 Å². The maximum atomic E-state index is 13.7. The van der Waals surface area contributed by atoms with Crippen molar-refractivity contribution in [3.05, 3.63) is 83.7 Å². The van der Waals surface area contributed by atoms with E-state index in [1.165, 1.54) is 58.3 Å². The van der Waals surface area contributed by atoms with Gasteiger partial charge in [-0.25, -0.2) is 17.6 Å². The molecule has 10 nitrogen and oxygen atoms in total. The lowest BCUT2D eigenvalue weighted by Gasteiger charge is -2.38. The van der Waals surface area contributed by atoms with Crippen LogP contribution in [0.4, 0.5) is 20.6 Å². The Morgan fingerprint density at radius 2 is 1.81 bits per heavy atom. The molecule has 0 fully saturated rings. The topological polar surface area (TPSA) is 128 Å². The zero-order valence-corrected chi connectivity index (χ0v) is 24.7. The highest BCUT2D eigenvalue weighted by atomic mass is 32.2. The molecule has 4 rings (SSSR count). The Morgan fingerprint density at radius 1 is 1.14 bits per heavy atom. The van der Waals surface area contributed by atoms with E-state index in [4.69, 9.17) is 4.74 Å². The van der Waals surface area contributed by atoms with E-state index in [-0.39, 0.29) is 47.5 Å². The predicted molar refractivity (Wildman–Crippen MR) is 158 cm³/mol. The summed E-state index contributed by atoms with van der Waals surface area (Å²) in [5.41, 5.74) is 1.49. The third-order valence-electron chi connectivity index (χ3n) is 7.16. The van der Waals surface area contributed by atoms with Crippen LogP contribution in [0.25, 0.3) is 0 Å². The highest BCUT2D eigenvalue weighted by molar-refractivity contribution is 7.92. The zero-order chi connectivity index (χ0) is 30.6. The number of nitrogens with zero attached hydrogens (tertiary/aromatic N) is 2. The number of aliphatic hydroxyl groups is 1. The average molecular weight is 599 g/mol. The summed E-state index contributed by atoms with van der Waals surface area (Å²) < 4.78 is 48.8. The number of ether oxygens (including phenoxy) is 1. The van der Waals surface area contributed by atoms with Gasteiger partial charge in [-0.05, 0) is 62.4 Å². The van der Waals surface area contributed by atoms with Gasteiger partial charge in [-0.15, -0.1) is 0 Å². The van der Waals surface area contributed by atoms with Gasteiger partial charge in [0.2, 0.25) is 0 Å². The van der Waals surface area contributed by atoms with Crippen LogP contribution in [0.2, 0.25) is 0 Å². The molecule has 0 unspecified atom stereocenters. The molecule has 1 aliphatic rings. The van der Waals surface area contributed by atoms with E-state index in [9.17, 15) is 27.5 Å². The van der Waals surface area contributed by atoms with Crippen LogP contribution >= 0.6 is 0 Å². The van der Waals surface area contributed by atoms with Gasteiger partial charge in [0.25, 0.3) is 15.9 Å². The van der Waals surface area contributed by atoms with Gasteiger partial charge in [-0.1, -0.05) is 30.7 Å². The molecule has 42 heavy (non-hydrogen) atoms. The number of carbonyl (C=O) groups is 2. The van der Waals surface area contributed by atoms with E-state index in [2.05, 4.69) is 10.0 Å². The van der Waals surface area contributed by atoms with Crippen molar-refractivity contribution in [1.82, 2.24) is 9.80 Å². The van der Waals surface area contributed by atoms with Crippen LogP contribution in [0.5, 0.6) is 5.75 Å². The number of rotatable bonds is 8. The fourth-order valence-electron chi connectivity index (χ4n) is 4.57. The fourth-order valence-corrected chi connectivity index (χ4v) is 5.63. The molecule has 3 aromatic carbocycles. The number of urea groups is 1. The van der Waals surface area contributed by atoms with Crippen LogP contribution in [0.15, 0.2) is 71.6 Å². The number of aliphatic hydroxyl groups excluding tert-OH is 1. The van der Waals surface area contributed by atoms with E-state index in [1.807, 2.05) is 13.8 Å². The van der Waals surface area contributed by atoms with E-state index >= 15 is 0 Å². The molecular weight excluding hydrogens is 563 g/mol. The average Bonchev–Trinajstić information content (AvgIpc) is 2.96. The van der Waals surface area contributed by atoms with Crippen molar-refractivity contribution >= 4 is 33.3 Å². The van der Waals surface area contributed by atoms with Gasteiger partial charge in [0.15, 0.2) is 5.75 Å². The van der Waals surface area contributed by atoms with Crippen molar-refractivity contribution in [3.8, 4) is 5.75 Å². The molecule has 0 spiro atoms. The molecule has 0 radical (unpaired) electrons. The Balaban J connectivity index is 1.68. The minimum Gasteiger partial charge on any atom is -0.485 e. The lowest BCUT2D eigenvalue weighted by Crippen LogP contribution is -2.50. The van der Waals surface area contributed by atoms with Crippen molar-refractivity contribution < 1.29 is 32.2 Å². The van der Waals surface area contributed by atoms with E-state index in [0.29, 0.717) is 5.69 Å². The first-order valence-corrected chi connectivity index (χ1v) is 15.0. The predicted octanol–water partition coefficient (Wildman–Crippen LogP) is 4.32. The molecule has 0 aliphatic carbocycles. The first kappa shape index (κ1) is 30.8. The van der Waals surface area contributed by atoms with E-state index < -0.39 is 39.9 Å². The minimum atomic E-state index is -4.04. The van der Waals surface area contributed by atoms with Gasteiger partial charge in [0, 0.05) is 25.2 Å². The van der Waals surface area contributed by atoms with Crippen LogP contribution in [0, 0.1) is 18.7 Å². The Bertz CT molecular complexity index is 1530. The van der Waals surface area contributed by atoms with Crippen LogP contribution in [0.3, 0.4) is 0 Å². The molecule has 12 heteroatoms. The molecule has 224 valence electrons. The highest BCUT2D eigenvalue weighted by Crippen LogP contribution is 2.36. The molecule has 0 saturated heterocycles. The lowest BCUT2D eigenvalue weighted by molar-refractivity contribution is 0.0373. The number of anilines is 2. The third kappa shape index (κ3) is 7.00. The summed E-state index contributed by atoms with van der Waals surface area (Å²) in [6.45, 7) is 5.43. The standard InChI is InChI=1S/C30H35FN4O6S/c1-19-8-14-24(15-9-19)42(39,40)33-26-7-5-6-25-28(26)41-27(20(2)16-35(29(25)37)21(3)18-36)17-34(4)30(38)32-23-12-10-22(31)11-13-23/h5-15,20-21,27,33,36H,16-18H2,1-4H3,(H,32,38)/t20-,21-,27-/m1/s1. The van der Waals surface area contributed by atoms with Crippen LogP contribution in [0.1, 0.15) is 29.8 Å². The largest absolute Gasteiger partial charge is 0.485 e. The highest BCUT2D eigenvalue weighted by Gasteiger charge is 2.35. The van der Waals surface area contributed by atoms with Crippen molar-refractivity contribution in [2.75, 3.05) is 36.8 Å². The van der Waals surface area contributed by atoms with Crippen molar-refractivity contribution in [2.24, 2.45) is 5.92 Å². The Kier molecular flexibility index (Phi) is 9.37. The zero-order valence-electron chi connectivity index (χ0n) is 23.9. The maximum Gasteiger partial charge on any atom is 0.321 e. The van der Waals surface area contributed by atoms with Gasteiger partial charge >= 0.3 is 6.03 Å².